The lowest BCUT2D eigenvalue weighted by molar-refractivity contribution is 0.819. The van der Waals surface area contributed by atoms with Gasteiger partial charge in [-0.05, 0) is 42.0 Å². The van der Waals surface area contributed by atoms with Crippen LogP contribution in [0, 0.1) is 0 Å². The standard InChI is InChI=1S/C23H15BrClN3OS/c24-15-10-8-14(9-11-15)13-30-23-27-20-18-6-1-2-7-19(18)26-21(20)22(29)28(23)17-5-3-4-16(25)12-17/h1-12,26H,13H2. The first kappa shape index (κ1) is 19.4. The molecular weight excluding hydrogens is 482 g/mol. The number of rotatable bonds is 4. The molecule has 4 nitrogen and oxygen atoms in total. The number of nitrogens with zero attached hydrogens (tertiary/aromatic N) is 2. The van der Waals surface area contributed by atoms with E-state index in [-0.39, 0.29) is 5.56 Å². The fourth-order valence-electron chi connectivity index (χ4n) is 3.41. The Bertz CT molecular complexity index is 1440. The minimum atomic E-state index is -0.142. The zero-order valence-corrected chi connectivity index (χ0v) is 18.8. The summed E-state index contributed by atoms with van der Waals surface area (Å²) >= 11 is 11.2. The monoisotopic (exact) mass is 495 g/mol. The van der Waals surface area contributed by atoms with Crippen LogP contribution < -0.4 is 5.56 Å². The van der Waals surface area contributed by atoms with Crippen LogP contribution in [0.15, 0.2) is 87.2 Å². The van der Waals surface area contributed by atoms with E-state index in [4.69, 9.17) is 16.6 Å². The van der Waals surface area contributed by atoms with Crippen molar-refractivity contribution in [3.8, 4) is 5.69 Å². The maximum atomic E-state index is 13.5. The molecule has 0 saturated carbocycles. The zero-order valence-electron chi connectivity index (χ0n) is 15.6. The van der Waals surface area contributed by atoms with Crippen LogP contribution in [-0.2, 0) is 5.75 Å². The molecule has 0 amide bonds. The molecule has 0 radical (unpaired) electrons. The average molecular weight is 497 g/mol. The summed E-state index contributed by atoms with van der Waals surface area (Å²) in [5.74, 6) is 0.689. The van der Waals surface area contributed by atoms with Crippen LogP contribution in [0.4, 0.5) is 0 Å². The third-order valence-electron chi connectivity index (χ3n) is 4.84. The van der Waals surface area contributed by atoms with Gasteiger partial charge in [-0.15, -0.1) is 0 Å². The number of thioether (sulfide) groups is 1. The summed E-state index contributed by atoms with van der Waals surface area (Å²) in [4.78, 5) is 21.7. The summed E-state index contributed by atoms with van der Waals surface area (Å²) in [6, 6.07) is 23.2. The lowest BCUT2D eigenvalue weighted by atomic mass is 10.2. The highest BCUT2D eigenvalue weighted by molar-refractivity contribution is 9.10. The van der Waals surface area contributed by atoms with E-state index in [0.29, 0.717) is 32.7 Å². The van der Waals surface area contributed by atoms with E-state index in [1.165, 1.54) is 11.8 Å². The Morgan fingerprint density at radius 1 is 1.03 bits per heavy atom. The molecule has 0 aliphatic rings. The highest BCUT2D eigenvalue weighted by Crippen LogP contribution is 2.29. The van der Waals surface area contributed by atoms with E-state index in [9.17, 15) is 4.79 Å². The van der Waals surface area contributed by atoms with Crippen LogP contribution in [0.3, 0.4) is 0 Å². The molecule has 1 N–H and O–H groups in total. The molecule has 0 saturated heterocycles. The first-order valence-corrected chi connectivity index (χ1v) is 11.4. The van der Waals surface area contributed by atoms with Gasteiger partial charge in [0.05, 0.1) is 5.69 Å². The minimum Gasteiger partial charge on any atom is -0.349 e. The summed E-state index contributed by atoms with van der Waals surface area (Å²) in [6.07, 6.45) is 0. The third-order valence-corrected chi connectivity index (χ3v) is 6.62. The number of aromatic amines is 1. The zero-order chi connectivity index (χ0) is 20.7. The van der Waals surface area contributed by atoms with Crippen molar-refractivity contribution in [2.45, 2.75) is 10.9 Å². The molecule has 3 aromatic carbocycles. The lowest BCUT2D eigenvalue weighted by Gasteiger charge is -2.12. The van der Waals surface area contributed by atoms with E-state index in [2.05, 4.69) is 33.0 Å². The molecule has 2 aromatic heterocycles. The molecule has 0 atom stereocenters. The first-order chi connectivity index (χ1) is 14.6. The highest BCUT2D eigenvalue weighted by Gasteiger charge is 2.17. The predicted octanol–water partition coefficient (Wildman–Crippen LogP) is 6.58. The largest absolute Gasteiger partial charge is 0.349 e. The highest BCUT2D eigenvalue weighted by atomic mass is 79.9. The van der Waals surface area contributed by atoms with Gasteiger partial charge >= 0.3 is 0 Å². The van der Waals surface area contributed by atoms with Crippen LogP contribution in [-0.4, -0.2) is 14.5 Å². The number of H-pyrrole nitrogens is 1. The Morgan fingerprint density at radius 3 is 2.63 bits per heavy atom. The van der Waals surface area contributed by atoms with Crippen molar-refractivity contribution in [1.29, 1.82) is 0 Å². The Labute approximate surface area is 190 Å². The van der Waals surface area contributed by atoms with E-state index >= 15 is 0 Å². The maximum absolute atomic E-state index is 13.5. The molecular formula is C23H15BrClN3OS. The van der Waals surface area contributed by atoms with Crippen molar-refractivity contribution in [2.24, 2.45) is 0 Å². The van der Waals surface area contributed by atoms with Gasteiger partial charge in [0, 0.05) is 26.2 Å². The Morgan fingerprint density at radius 2 is 1.83 bits per heavy atom. The molecule has 0 aliphatic carbocycles. The molecule has 0 unspecified atom stereocenters. The Balaban J connectivity index is 1.71. The normalized spacial score (nSPS) is 11.4. The molecule has 5 aromatic rings. The number of aromatic nitrogens is 3. The second kappa shape index (κ2) is 7.95. The van der Waals surface area contributed by atoms with E-state index in [1.807, 2.05) is 48.5 Å². The molecule has 0 fully saturated rings. The van der Waals surface area contributed by atoms with Crippen molar-refractivity contribution >= 4 is 61.2 Å². The van der Waals surface area contributed by atoms with Crippen LogP contribution in [0.1, 0.15) is 5.56 Å². The number of fused-ring (bicyclic) bond motifs is 3. The third kappa shape index (κ3) is 3.55. The SMILES string of the molecule is O=c1c2[nH]c3ccccc3c2nc(SCc2ccc(Br)cc2)n1-c1cccc(Cl)c1. The Kier molecular flexibility index (Phi) is 5.15. The van der Waals surface area contributed by atoms with Gasteiger partial charge in [-0.25, -0.2) is 4.98 Å². The fraction of sp³-hybridized carbons (Fsp3) is 0.0435. The number of nitrogens with one attached hydrogen (secondary N) is 1. The predicted molar refractivity (Wildman–Crippen MR) is 128 cm³/mol. The van der Waals surface area contributed by atoms with Crippen LogP contribution >= 0.6 is 39.3 Å². The van der Waals surface area contributed by atoms with Gasteiger partial charge in [-0.2, -0.15) is 0 Å². The van der Waals surface area contributed by atoms with Gasteiger partial charge in [-0.3, -0.25) is 9.36 Å². The minimum absolute atomic E-state index is 0.142. The molecule has 0 spiro atoms. The van der Waals surface area contributed by atoms with Gasteiger partial charge in [-0.1, -0.05) is 75.7 Å². The van der Waals surface area contributed by atoms with Crippen LogP contribution in [0.2, 0.25) is 5.02 Å². The first-order valence-electron chi connectivity index (χ1n) is 9.27. The summed E-state index contributed by atoms with van der Waals surface area (Å²) < 4.78 is 2.66. The van der Waals surface area contributed by atoms with Crippen molar-refractivity contribution < 1.29 is 0 Å². The van der Waals surface area contributed by atoms with Crippen molar-refractivity contribution in [3.05, 3.63) is 98.2 Å². The van der Waals surface area contributed by atoms with E-state index < -0.39 is 0 Å². The van der Waals surface area contributed by atoms with Gasteiger partial charge in [0.1, 0.15) is 11.0 Å². The molecule has 7 heteroatoms. The number of hydrogen-bond acceptors (Lipinski definition) is 3. The molecule has 30 heavy (non-hydrogen) atoms. The second-order valence-electron chi connectivity index (χ2n) is 6.82. The summed E-state index contributed by atoms with van der Waals surface area (Å²) in [7, 11) is 0. The summed E-state index contributed by atoms with van der Waals surface area (Å²) in [5, 5.41) is 2.13. The van der Waals surface area contributed by atoms with Crippen molar-refractivity contribution in [3.63, 3.8) is 0 Å². The molecule has 2 heterocycles. The quantitative estimate of drug-likeness (QED) is 0.226. The van der Waals surface area contributed by atoms with Gasteiger partial charge in [0.25, 0.3) is 5.56 Å². The fourth-order valence-corrected chi connectivity index (χ4v) is 4.82. The van der Waals surface area contributed by atoms with Gasteiger partial charge in [0.15, 0.2) is 5.16 Å². The smallest absolute Gasteiger partial charge is 0.283 e. The number of hydrogen-bond donors (Lipinski definition) is 1. The molecule has 148 valence electrons. The second-order valence-corrected chi connectivity index (χ2v) is 9.12. The maximum Gasteiger partial charge on any atom is 0.283 e. The van der Waals surface area contributed by atoms with Crippen molar-refractivity contribution in [1.82, 2.24) is 14.5 Å². The van der Waals surface area contributed by atoms with Gasteiger partial charge in [0.2, 0.25) is 0 Å². The van der Waals surface area contributed by atoms with Crippen LogP contribution in [0.5, 0.6) is 0 Å². The molecule has 0 bridgehead atoms. The van der Waals surface area contributed by atoms with Crippen LogP contribution in [0.25, 0.3) is 27.6 Å². The summed E-state index contributed by atoms with van der Waals surface area (Å²) in [6.45, 7) is 0. The molecule has 0 aliphatic heterocycles. The van der Waals surface area contributed by atoms with E-state index in [1.54, 1.807) is 16.7 Å². The topological polar surface area (TPSA) is 50.7 Å². The molecule has 5 rings (SSSR count). The Hall–Kier alpha value is -2.54. The van der Waals surface area contributed by atoms with Gasteiger partial charge < -0.3 is 4.98 Å². The summed E-state index contributed by atoms with van der Waals surface area (Å²) in [5.41, 5.74) is 3.77. The average Bonchev–Trinajstić information content (AvgIpc) is 3.12. The number of para-hydroxylation sites is 1. The van der Waals surface area contributed by atoms with E-state index in [0.717, 1.165) is 20.9 Å². The lowest BCUT2D eigenvalue weighted by Crippen LogP contribution is -2.21. The van der Waals surface area contributed by atoms with Crippen molar-refractivity contribution in [2.75, 3.05) is 0 Å². The number of benzene rings is 3. The number of halogens is 2.